The maximum absolute atomic E-state index is 8.65. The molecule has 8 aromatic carbocycles. The number of furan rings is 1. The molecule has 0 unspecified atom stereocenters. The zero-order valence-electron chi connectivity index (χ0n) is 48.2. The Morgan fingerprint density at radius 1 is 0.634 bits per heavy atom. The molecule has 0 saturated heterocycles. The Bertz CT molecular complexity index is 3960. The van der Waals surface area contributed by atoms with Gasteiger partial charge in [0.1, 0.15) is 5.58 Å². The van der Waals surface area contributed by atoms with Crippen molar-refractivity contribution in [3.8, 4) is 39.5 Å². The van der Waals surface area contributed by atoms with Crippen molar-refractivity contribution >= 4 is 54.5 Å². The van der Waals surface area contributed by atoms with Crippen LogP contribution in [0.25, 0.3) is 94.0 Å². The minimum atomic E-state index is -2.40. The summed E-state index contributed by atoms with van der Waals surface area (Å²) in [6.45, 7) is 17.2. The summed E-state index contributed by atoms with van der Waals surface area (Å²) < 4.78 is 58.1. The second-order valence-corrected chi connectivity index (χ2v) is 21.3. The normalized spacial score (nSPS) is 13.7. The van der Waals surface area contributed by atoms with Crippen molar-refractivity contribution in [2.75, 3.05) is 0 Å². The molecule has 11 rings (SSSR count). The van der Waals surface area contributed by atoms with Crippen LogP contribution in [-0.4, -0.2) is 14.5 Å². The number of fused-ring (bicyclic) bond motifs is 7. The Hall–Kier alpha value is -6.65. The third-order valence-electron chi connectivity index (χ3n) is 13.6. The van der Waals surface area contributed by atoms with E-state index in [-0.39, 0.29) is 48.3 Å². The molecule has 1 radical (unpaired) electrons. The van der Waals surface area contributed by atoms with Crippen LogP contribution < -0.4 is 0 Å². The van der Waals surface area contributed by atoms with Crippen molar-refractivity contribution in [1.82, 2.24) is 14.5 Å². The van der Waals surface area contributed by atoms with E-state index in [0.29, 0.717) is 33.5 Å². The molecule has 11 aromatic rings. The first kappa shape index (κ1) is 42.1. The van der Waals surface area contributed by atoms with Gasteiger partial charge in [0.25, 0.3) is 0 Å². The van der Waals surface area contributed by atoms with E-state index in [4.69, 9.17) is 17.6 Å². The Labute approximate surface area is 442 Å². The maximum atomic E-state index is 8.65. The number of rotatable bonds is 6. The maximum Gasteiger partial charge on any atom is 0.121 e. The number of hydrogen-bond acceptors (Lipinski definition) is 3. The van der Waals surface area contributed by atoms with Crippen LogP contribution in [0.4, 0.5) is 0 Å². The first-order chi connectivity index (χ1) is 35.9. The molecule has 4 nitrogen and oxygen atoms in total. The summed E-state index contributed by atoms with van der Waals surface area (Å²) in [7, 11) is 0. The molecule has 0 amide bonds. The van der Waals surface area contributed by atoms with Crippen LogP contribution in [0, 0.1) is 25.8 Å². The van der Waals surface area contributed by atoms with Crippen LogP contribution in [0.5, 0.6) is 0 Å². The summed E-state index contributed by atoms with van der Waals surface area (Å²) in [5, 5.41) is 5.67. The predicted octanol–water partition coefficient (Wildman–Crippen LogP) is 18.4. The molecule has 359 valence electrons. The molecule has 0 aliphatic rings. The monoisotopic (exact) mass is 1110 g/mol. The van der Waals surface area contributed by atoms with Crippen molar-refractivity contribution in [3.05, 3.63) is 197 Å². The van der Waals surface area contributed by atoms with Gasteiger partial charge in [-0.3, -0.25) is 4.98 Å². The van der Waals surface area contributed by atoms with E-state index in [1.54, 1.807) is 6.07 Å². The van der Waals surface area contributed by atoms with Crippen LogP contribution in [0.2, 0.25) is 0 Å². The minimum absolute atomic E-state index is 0. The number of imidazole rings is 1. The van der Waals surface area contributed by atoms with Crippen LogP contribution in [0.1, 0.15) is 123 Å². The molecular formula is C66H63IrN3O-2. The van der Waals surface area contributed by atoms with Crippen molar-refractivity contribution in [3.63, 3.8) is 0 Å². The fourth-order valence-corrected chi connectivity index (χ4v) is 9.82. The Morgan fingerprint density at radius 3 is 2.01 bits per heavy atom. The summed E-state index contributed by atoms with van der Waals surface area (Å²) in [5.74, 6) is 1.02. The SMILES string of the molecule is [2H]C([2H])([2H])c1c[c-]c(-c2nc3ccc(C(C)(C)C)cc3n2-c2c(C(C)C)cc(-c3ccccc3)cc2C(C)C)c2oc3cc4c(ccc5ccccc54)cc3c12.[2H]C([2H])([2H])c1cnc(-c2[c-]cccc2)cc1C(C)(C)C.[Ir]. The molecule has 0 aliphatic carbocycles. The topological polar surface area (TPSA) is 43.9 Å². The third kappa shape index (κ3) is 9.27. The van der Waals surface area contributed by atoms with Crippen LogP contribution in [-0.2, 0) is 30.9 Å². The second-order valence-electron chi connectivity index (χ2n) is 21.3. The standard InChI is InChI=1S/C50H45N2O.C16H18N.Ir/c1-29(2)39-25-35(32-14-10-9-11-15-32)26-40(30(3)4)47(39)52-44-27-36(50(6,7)8)21-23-43(44)51-49(52)38-22-18-31(5)46-42-24-34-20-19-33-16-12-13-17-37(33)41(34)28-45(42)53-48(38)46;1-12-11-17-15(10-14(12)16(2,3)4)13-8-6-5-7-9-13;/h9-21,23-30H,1-8H3;5-8,10-11H,1-4H3;/q2*-1;/i5D3;1D3;. The fourth-order valence-electron chi connectivity index (χ4n) is 9.82. The number of hydrogen-bond donors (Lipinski definition) is 0. The van der Waals surface area contributed by atoms with E-state index < -0.39 is 13.7 Å². The van der Waals surface area contributed by atoms with Gasteiger partial charge in [-0.2, -0.15) is 0 Å². The third-order valence-corrected chi connectivity index (χ3v) is 13.6. The van der Waals surface area contributed by atoms with Gasteiger partial charge < -0.3 is 14.0 Å². The summed E-state index contributed by atoms with van der Waals surface area (Å²) in [6.07, 6.45) is 1.48. The van der Waals surface area contributed by atoms with Gasteiger partial charge in [0.2, 0.25) is 0 Å². The molecule has 3 heterocycles. The molecule has 5 heteroatoms. The van der Waals surface area contributed by atoms with Crippen molar-refractivity contribution in [2.45, 2.75) is 106 Å². The van der Waals surface area contributed by atoms with Crippen molar-refractivity contribution < 1.29 is 32.7 Å². The van der Waals surface area contributed by atoms with E-state index >= 15 is 0 Å². The number of pyridine rings is 1. The van der Waals surface area contributed by atoms with Gasteiger partial charge in [0, 0.05) is 45.6 Å². The Balaban J connectivity index is 0.000000290. The van der Waals surface area contributed by atoms with E-state index in [9.17, 15) is 0 Å². The minimum Gasteiger partial charge on any atom is -0.501 e. The quantitative estimate of drug-likeness (QED) is 0.123. The number of aromatic nitrogens is 3. The predicted molar refractivity (Wildman–Crippen MR) is 297 cm³/mol. The Morgan fingerprint density at radius 2 is 1.34 bits per heavy atom. The van der Waals surface area contributed by atoms with Gasteiger partial charge in [-0.1, -0.05) is 166 Å². The van der Waals surface area contributed by atoms with Gasteiger partial charge in [0.05, 0.1) is 22.4 Å². The van der Waals surface area contributed by atoms with Gasteiger partial charge in [0.15, 0.2) is 0 Å². The summed E-state index contributed by atoms with van der Waals surface area (Å²) >= 11 is 0. The van der Waals surface area contributed by atoms with Crippen molar-refractivity contribution in [1.29, 1.82) is 0 Å². The van der Waals surface area contributed by atoms with Crippen molar-refractivity contribution in [2.24, 2.45) is 0 Å². The average Bonchev–Trinajstić information content (AvgIpc) is 4.21. The molecule has 0 fully saturated rings. The van der Waals surface area contributed by atoms with Crippen LogP contribution >= 0.6 is 0 Å². The van der Waals surface area contributed by atoms with Crippen LogP contribution in [0.15, 0.2) is 156 Å². The smallest absolute Gasteiger partial charge is 0.121 e. The van der Waals surface area contributed by atoms with Gasteiger partial charge in [-0.25, -0.2) is 0 Å². The molecule has 71 heavy (non-hydrogen) atoms. The zero-order valence-corrected chi connectivity index (χ0v) is 44.6. The molecular weight excluding hydrogens is 1040 g/mol. The number of benzene rings is 8. The molecule has 0 spiro atoms. The van der Waals surface area contributed by atoms with E-state index in [1.807, 2.05) is 63.2 Å². The summed E-state index contributed by atoms with van der Waals surface area (Å²) in [4.78, 5) is 9.70. The van der Waals surface area contributed by atoms with Gasteiger partial charge >= 0.3 is 0 Å². The fraction of sp³-hybridized carbons (Fsp3) is 0.242. The molecule has 3 aromatic heterocycles. The van der Waals surface area contributed by atoms with E-state index in [0.717, 1.165) is 60.5 Å². The second kappa shape index (κ2) is 19.2. The summed E-state index contributed by atoms with van der Waals surface area (Å²) in [6, 6.07) is 56.1. The molecule has 0 saturated carbocycles. The number of nitrogens with zero attached hydrogens (tertiary/aromatic N) is 3. The Kier molecular flexibility index (Phi) is 11.4. The van der Waals surface area contributed by atoms with E-state index in [1.165, 1.54) is 34.0 Å². The molecule has 0 N–H and O–H groups in total. The molecule has 0 bridgehead atoms. The first-order valence-electron chi connectivity index (χ1n) is 27.4. The number of aryl methyl sites for hydroxylation is 2. The zero-order chi connectivity index (χ0) is 54.2. The average molecular weight is 1110 g/mol. The van der Waals surface area contributed by atoms with Crippen LogP contribution in [0.3, 0.4) is 0 Å². The molecule has 0 aliphatic heterocycles. The summed E-state index contributed by atoms with van der Waals surface area (Å²) in [5.41, 5.74) is 13.2. The van der Waals surface area contributed by atoms with Gasteiger partial charge in [-0.05, 0) is 132 Å². The van der Waals surface area contributed by atoms with E-state index in [2.05, 4.69) is 167 Å². The largest absolute Gasteiger partial charge is 0.501 e. The first-order valence-corrected chi connectivity index (χ1v) is 24.4. The van der Waals surface area contributed by atoms with Gasteiger partial charge in [-0.15, -0.1) is 53.6 Å². The molecule has 0 atom stereocenters.